The van der Waals surface area contributed by atoms with Gasteiger partial charge in [0.05, 0.1) is 6.10 Å². The monoisotopic (exact) mass is 263 g/mol. The first-order valence-corrected chi connectivity index (χ1v) is 7.34. The number of aliphatic hydroxyl groups is 1. The van der Waals surface area contributed by atoms with Gasteiger partial charge < -0.3 is 10.4 Å². The van der Waals surface area contributed by atoms with E-state index < -0.39 is 0 Å². The molecule has 4 nitrogen and oxygen atoms in total. The molecule has 0 aromatic carbocycles. The number of rotatable bonds is 5. The van der Waals surface area contributed by atoms with Gasteiger partial charge in [0.25, 0.3) is 0 Å². The number of nitrogens with zero attached hydrogens (tertiary/aromatic N) is 2. The zero-order chi connectivity index (χ0) is 13.8. The van der Waals surface area contributed by atoms with Crippen molar-refractivity contribution in [3.8, 4) is 0 Å². The molecule has 1 aromatic rings. The highest BCUT2D eigenvalue weighted by Crippen LogP contribution is 2.25. The van der Waals surface area contributed by atoms with Gasteiger partial charge in [0, 0.05) is 17.8 Å². The fourth-order valence-corrected chi connectivity index (χ4v) is 2.80. The van der Waals surface area contributed by atoms with E-state index in [0.717, 1.165) is 37.4 Å². The number of anilines is 1. The summed E-state index contributed by atoms with van der Waals surface area (Å²) in [4.78, 5) is 9.11. The Bertz CT molecular complexity index is 432. The summed E-state index contributed by atoms with van der Waals surface area (Å²) in [7, 11) is 0. The summed E-state index contributed by atoms with van der Waals surface area (Å²) < 4.78 is 0. The fourth-order valence-electron chi connectivity index (χ4n) is 2.80. The molecular weight excluding hydrogens is 238 g/mol. The van der Waals surface area contributed by atoms with Crippen molar-refractivity contribution < 1.29 is 5.11 Å². The van der Waals surface area contributed by atoms with Gasteiger partial charge in [-0.15, -0.1) is 0 Å². The van der Waals surface area contributed by atoms with E-state index >= 15 is 0 Å². The van der Waals surface area contributed by atoms with E-state index in [1.807, 2.05) is 13.8 Å². The Hall–Kier alpha value is -1.16. The van der Waals surface area contributed by atoms with Crippen LogP contribution in [0.5, 0.6) is 0 Å². The Morgan fingerprint density at radius 1 is 1.21 bits per heavy atom. The van der Waals surface area contributed by atoms with Crippen LogP contribution in [0.3, 0.4) is 0 Å². The summed E-state index contributed by atoms with van der Waals surface area (Å²) in [5.41, 5.74) is 2.53. The molecule has 2 unspecified atom stereocenters. The summed E-state index contributed by atoms with van der Waals surface area (Å²) in [6.07, 6.45) is 5.22. The van der Waals surface area contributed by atoms with Gasteiger partial charge in [-0.25, -0.2) is 9.97 Å². The molecular formula is C15H25N3O. The normalized spacial score (nSPS) is 17.7. The SMILES string of the molecule is Cc1nc2c(c(NCC(C)CC(C)O)n1)CCCC2. The summed E-state index contributed by atoms with van der Waals surface area (Å²) in [5.74, 6) is 2.31. The second-order valence-electron chi connectivity index (χ2n) is 5.82. The van der Waals surface area contributed by atoms with E-state index in [1.54, 1.807) is 0 Å². The van der Waals surface area contributed by atoms with E-state index in [9.17, 15) is 5.11 Å². The lowest BCUT2D eigenvalue weighted by Crippen LogP contribution is -2.19. The quantitative estimate of drug-likeness (QED) is 0.857. The third-order valence-corrected chi connectivity index (χ3v) is 3.66. The number of nitrogens with one attached hydrogen (secondary N) is 1. The van der Waals surface area contributed by atoms with Gasteiger partial charge in [-0.05, 0) is 51.9 Å². The molecule has 19 heavy (non-hydrogen) atoms. The smallest absolute Gasteiger partial charge is 0.133 e. The number of hydrogen-bond donors (Lipinski definition) is 2. The summed E-state index contributed by atoms with van der Waals surface area (Å²) in [5, 5.41) is 12.9. The van der Waals surface area contributed by atoms with E-state index in [0.29, 0.717) is 5.92 Å². The first-order chi connectivity index (χ1) is 9.06. The topological polar surface area (TPSA) is 58.0 Å². The van der Waals surface area contributed by atoms with E-state index in [2.05, 4.69) is 22.2 Å². The minimum absolute atomic E-state index is 0.238. The van der Waals surface area contributed by atoms with Crippen molar-refractivity contribution >= 4 is 5.82 Å². The van der Waals surface area contributed by atoms with Crippen molar-refractivity contribution in [3.05, 3.63) is 17.1 Å². The molecule has 4 heteroatoms. The van der Waals surface area contributed by atoms with Crippen LogP contribution in [0.4, 0.5) is 5.82 Å². The third-order valence-electron chi connectivity index (χ3n) is 3.66. The van der Waals surface area contributed by atoms with Crippen LogP contribution < -0.4 is 5.32 Å². The molecule has 0 fully saturated rings. The van der Waals surface area contributed by atoms with Gasteiger partial charge in [-0.3, -0.25) is 0 Å². The Labute approximate surface area is 115 Å². The highest BCUT2D eigenvalue weighted by atomic mass is 16.3. The highest BCUT2D eigenvalue weighted by Gasteiger charge is 2.17. The number of fused-ring (bicyclic) bond motifs is 1. The molecule has 1 aliphatic carbocycles. The van der Waals surface area contributed by atoms with Crippen LogP contribution in [0.15, 0.2) is 0 Å². The zero-order valence-corrected chi connectivity index (χ0v) is 12.2. The molecule has 0 aliphatic heterocycles. The molecule has 0 amide bonds. The largest absolute Gasteiger partial charge is 0.393 e. The number of aromatic nitrogens is 2. The van der Waals surface area contributed by atoms with Crippen molar-refractivity contribution in [1.82, 2.24) is 9.97 Å². The third kappa shape index (κ3) is 3.90. The molecule has 0 spiro atoms. The predicted octanol–water partition coefficient (Wildman–Crippen LogP) is 2.48. The van der Waals surface area contributed by atoms with E-state index in [1.165, 1.54) is 24.1 Å². The second kappa shape index (κ2) is 6.33. The maximum absolute atomic E-state index is 9.40. The molecule has 1 aliphatic rings. The van der Waals surface area contributed by atoms with E-state index in [-0.39, 0.29) is 6.10 Å². The van der Waals surface area contributed by atoms with Gasteiger partial charge in [-0.2, -0.15) is 0 Å². The van der Waals surface area contributed by atoms with Gasteiger partial charge in [0.1, 0.15) is 11.6 Å². The van der Waals surface area contributed by atoms with Crippen LogP contribution in [0.25, 0.3) is 0 Å². The first kappa shape index (κ1) is 14.3. The van der Waals surface area contributed by atoms with Crippen LogP contribution in [0.2, 0.25) is 0 Å². The van der Waals surface area contributed by atoms with Crippen LogP contribution >= 0.6 is 0 Å². The van der Waals surface area contributed by atoms with Crippen LogP contribution in [0, 0.1) is 12.8 Å². The molecule has 0 radical (unpaired) electrons. The number of aliphatic hydroxyl groups excluding tert-OH is 1. The average Bonchev–Trinajstić information content (AvgIpc) is 2.35. The lowest BCUT2D eigenvalue weighted by molar-refractivity contribution is 0.166. The summed E-state index contributed by atoms with van der Waals surface area (Å²) >= 11 is 0. The summed E-state index contributed by atoms with van der Waals surface area (Å²) in [6, 6.07) is 0. The molecule has 1 heterocycles. The Kier molecular flexibility index (Phi) is 4.75. The molecule has 2 atom stereocenters. The van der Waals surface area contributed by atoms with E-state index in [4.69, 9.17) is 0 Å². The molecule has 0 saturated heterocycles. The van der Waals surface area contributed by atoms with Crippen LogP contribution in [-0.4, -0.2) is 27.7 Å². The summed E-state index contributed by atoms with van der Waals surface area (Å²) in [6.45, 7) is 6.81. The van der Waals surface area contributed by atoms with Crippen molar-refractivity contribution in [2.45, 2.75) is 59.0 Å². The van der Waals surface area contributed by atoms with Crippen LogP contribution in [0.1, 0.15) is 50.2 Å². The molecule has 106 valence electrons. The highest BCUT2D eigenvalue weighted by molar-refractivity contribution is 5.47. The van der Waals surface area contributed by atoms with Gasteiger partial charge in [-0.1, -0.05) is 6.92 Å². The minimum atomic E-state index is -0.238. The first-order valence-electron chi connectivity index (χ1n) is 7.34. The lowest BCUT2D eigenvalue weighted by Gasteiger charge is -2.21. The average molecular weight is 263 g/mol. The standard InChI is InChI=1S/C15H25N3O/c1-10(8-11(2)19)9-16-15-13-6-4-5-7-14(13)17-12(3)18-15/h10-11,19H,4-9H2,1-3H3,(H,16,17,18). The Balaban J connectivity index is 2.05. The van der Waals surface area contributed by atoms with Gasteiger partial charge in [0.15, 0.2) is 0 Å². The molecule has 0 bridgehead atoms. The van der Waals surface area contributed by atoms with Crippen molar-refractivity contribution in [1.29, 1.82) is 0 Å². The maximum atomic E-state index is 9.40. The fraction of sp³-hybridized carbons (Fsp3) is 0.733. The minimum Gasteiger partial charge on any atom is -0.393 e. The molecule has 1 aromatic heterocycles. The van der Waals surface area contributed by atoms with Crippen molar-refractivity contribution in [2.75, 3.05) is 11.9 Å². The van der Waals surface area contributed by atoms with Gasteiger partial charge in [0.2, 0.25) is 0 Å². The lowest BCUT2D eigenvalue weighted by atomic mass is 9.96. The molecule has 0 saturated carbocycles. The Morgan fingerprint density at radius 3 is 2.68 bits per heavy atom. The molecule has 2 rings (SSSR count). The van der Waals surface area contributed by atoms with Crippen molar-refractivity contribution in [2.24, 2.45) is 5.92 Å². The van der Waals surface area contributed by atoms with Crippen molar-refractivity contribution in [3.63, 3.8) is 0 Å². The Morgan fingerprint density at radius 2 is 1.95 bits per heavy atom. The van der Waals surface area contributed by atoms with Crippen LogP contribution in [-0.2, 0) is 12.8 Å². The molecule has 2 N–H and O–H groups in total. The zero-order valence-electron chi connectivity index (χ0n) is 12.2. The maximum Gasteiger partial charge on any atom is 0.133 e. The second-order valence-corrected chi connectivity index (χ2v) is 5.82. The number of aryl methyl sites for hydroxylation is 2. The van der Waals surface area contributed by atoms with Gasteiger partial charge >= 0.3 is 0 Å². The number of hydrogen-bond acceptors (Lipinski definition) is 4. The predicted molar refractivity (Wildman–Crippen MR) is 77.4 cm³/mol.